The number of aliphatic hydroxyl groups excluding tert-OH is 1. The number of methoxy groups -OCH3 is 1. The molecule has 1 fully saturated rings. The Bertz CT molecular complexity index is 1260. The SMILES string of the molecule is CCN(CC)c1ccc(N2C(=O)C(=O)/C(=C(\O)c3ccc(Br)cc3)C2c2cccc(OC)c2)cc1. The molecule has 1 N–H and O–H groups in total. The number of hydrogen-bond acceptors (Lipinski definition) is 5. The van der Waals surface area contributed by atoms with E-state index >= 15 is 0 Å². The molecule has 4 rings (SSSR count). The van der Waals surface area contributed by atoms with Crippen LogP contribution in [0.25, 0.3) is 5.76 Å². The van der Waals surface area contributed by atoms with Crippen LogP contribution in [-0.2, 0) is 9.59 Å². The van der Waals surface area contributed by atoms with Gasteiger partial charge in [-0.1, -0.05) is 40.2 Å². The number of ether oxygens (including phenoxy) is 1. The van der Waals surface area contributed by atoms with Crippen LogP contribution in [0.2, 0.25) is 0 Å². The summed E-state index contributed by atoms with van der Waals surface area (Å²) >= 11 is 3.39. The van der Waals surface area contributed by atoms with Crippen molar-refractivity contribution in [3.63, 3.8) is 0 Å². The summed E-state index contributed by atoms with van der Waals surface area (Å²) in [5.74, 6) is -1.04. The maximum atomic E-state index is 13.4. The van der Waals surface area contributed by atoms with Gasteiger partial charge in [-0.15, -0.1) is 0 Å². The van der Waals surface area contributed by atoms with E-state index in [1.165, 1.54) is 4.90 Å². The van der Waals surface area contributed by atoms with Crippen molar-refractivity contribution in [1.82, 2.24) is 0 Å². The zero-order valence-electron chi connectivity index (χ0n) is 19.9. The number of amides is 1. The lowest BCUT2D eigenvalue weighted by atomic mass is 9.95. The van der Waals surface area contributed by atoms with Gasteiger partial charge in [-0.25, -0.2) is 0 Å². The highest BCUT2D eigenvalue weighted by Gasteiger charge is 2.47. The van der Waals surface area contributed by atoms with Gasteiger partial charge in [0.05, 0.1) is 18.7 Å². The number of anilines is 2. The van der Waals surface area contributed by atoms with Crippen LogP contribution in [0.3, 0.4) is 0 Å². The lowest BCUT2D eigenvalue weighted by molar-refractivity contribution is -0.132. The fourth-order valence-corrected chi connectivity index (χ4v) is 4.67. The zero-order chi connectivity index (χ0) is 25.1. The molecule has 3 aromatic carbocycles. The maximum Gasteiger partial charge on any atom is 0.300 e. The molecule has 6 nitrogen and oxygen atoms in total. The van der Waals surface area contributed by atoms with E-state index < -0.39 is 17.7 Å². The third kappa shape index (κ3) is 4.68. The zero-order valence-corrected chi connectivity index (χ0v) is 21.5. The molecule has 1 atom stereocenters. The van der Waals surface area contributed by atoms with E-state index in [0.29, 0.717) is 22.6 Å². The summed E-state index contributed by atoms with van der Waals surface area (Å²) in [4.78, 5) is 30.3. The lowest BCUT2D eigenvalue weighted by Gasteiger charge is -2.27. The molecule has 35 heavy (non-hydrogen) atoms. The first-order chi connectivity index (χ1) is 16.9. The van der Waals surface area contributed by atoms with Crippen LogP contribution in [0.5, 0.6) is 5.75 Å². The van der Waals surface area contributed by atoms with Crippen molar-refractivity contribution in [3.8, 4) is 5.75 Å². The average Bonchev–Trinajstić information content (AvgIpc) is 3.15. The molecule has 0 aromatic heterocycles. The molecule has 0 aliphatic carbocycles. The minimum Gasteiger partial charge on any atom is -0.507 e. The highest BCUT2D eigenvalue weighted by molar-refractivity contribution is 9.10. The fourth-order valence-electron chi connectivity index (χ4n) is 4.40. The van der Waals surface area contributed by atoms with Gasteiger partial charge in [0, 0.05) is 34.5 Å². The Morgan fingerprint density at radius 3 is 2.26 bits per heavy atom. The molecule has 1 aliphatic rings. The van der Waals surface area contributed by atoms with E-state index in [0.717, 1.165) is 23.2 Å². The number of Topliss-reactive ketones (excluding diaryl/α,β-unsaturated/α-hetero) is 1. The second-order valence-corrected chi connectivity index (χ2v) is 9.06. The Labute approximate surface area is 213 Å². The van der Waals surface area contributed by atoms with Gasteiger partial charge in [-0.05, 0) is 67.9 Å². The van der Waals surface area contributed by atoms with E-state index in [1.54, 1.807) is 49.6 Å². The van der Waals surface area contributed by atoms with Gasteiger partial charge in [-0.3, -0.25) is 14.5 Å². The topological polar surface area (TPSA) is 70.1 Å². The molecular weight excluding hydrogens is 508 g/mol. The minimum atomic E-state index is -0.812. The first-order valence-corrected chi connectivity index (χ1v) is 12.2. The molecule has 1 saturated heterocycles. The van der Waals surface area contributed by atoms with Crippen LogP contribution < -0.4 is 14.5 Å². The van der Waals surface area contributed by atoms with Gasteiger partial charge in [0.2, 0.25) is 0 Å². The van der Waals surface area contributed by atoms with Crippen LogP contribution in [0, 0.1) is 0 Å². The van der Waals surface area contributed by atoms with Gasteiger partial charge in [0.25, 0.3) is 11.7 Å². The first-order valence-electron chi connectivity index (χ1n) is 11.5. The summed E-state index contributed by atoms with van der Waals surface area (Å²) in [6.07, 6.45) is 0. The Hall–Kier alpha value is -3.58. The number of hydrogen-bond donors (Lipinski definition) is 1. The van der Waals surface area contributed by atoms with E-state index in [4.69, 9.17) is 4.74 Å². The Kier molecular flexibility index (Phi) is 7.26. The van der Waals surface area contributed by atoms with Crippen molar-refractivity contribution in [3.05, 3.63) is 94.0 Å². The maximum absolute atomic E-state index is 13.4. The van der Waals surface area contributed by atoms with E-state index in [1.807, 2.05) is 30.3 Å². The number of aliphatic hydroxyl groups is 1. The molecule has 0 bridgehead atoms. The van der Waals surface area contributed by atoms with Crippen molar-refractivity contribution >= 4 is 44.8 Å². The second kappa shape index (κ2) is 10.4. The predicted octanol–water partition coefficient (Wildman–Crippen LogP) is 5.93. The summed E-state index contributed by atoms with van der Waals surface area (Å²) in [7, 11) is 1.56. The van der Waals surface area contributed by atoms with Crippen molar-refractivity contribution in [2.75, 3.05) is 30.0 Å². The number of benzene rings is 3. The Morgan fingerprint density at radius 2 is 1.66 bits per heavy atom. The van der Waals surface area contributed by atoms with Gasteiger partial charge in [0.15, 0.2) is 0 Å². The quantitative estimate of drug-likeness (QED) is 0.231. The van der Waals surface area contributed by atoms with Crippen LogP contribution in [0.15, 0.2) is 82.8 Å². The van der Waals surface area contributed by atoms with Crippen LogP contribution in [0.4, 0.5) is 11.4 Å². The van der Waals surface area contributed by atoms with Gasteiger partial charge < -0.3 is 14.7 Å². The lowest BCUT2D eigenvalue weighted by Crippen LogP contribution is -2.29. The molecule has 7 heteroatoms. The third-order valence-electron chi connectivity index (χ3n) is 6.23. The van der Waals surface area contributed by atoms with E-state index in [-0.39, 0.29) is 11.3 Å². The number of rotatable bonds is 7. The van der Waals surface area contributed by atoms with Crippen LogP contribution in [-0.4, -0.2) is 37.0 Å². The monoisotopic (exact) mass is 534 g/mol. The molecule has 1 amide bonds. The molecule has 180 valence electrons. The summed E-state index contributed by atoms with van der Waals surface area (Å²) in [5.41, 5.74) is 2.76. The van der Waals surface area contributed by atoms with E-state index in [9.17, 15) is 14.7 Å². The largest absolute Gasteiger partial charge is 0.507 e. The Morgan fingerprint density at radius 1 is 1.00 bits per heavy atom. The first kappa shape index (κ1) is 24.5. The van der Waals surface area contributed by atoms with Crippen LogP contribution in [0.1, 0.15) is 31.0 Å². The predicted molar refractivity (Wildman–Crippen MR) is 142 cm³/mol. The number of carbonyl (C=O) groups excluding carboxylic acids is 2. The van der Waals surface area contributed by atoms with Crippen molar-refractivity contribution in [2.45, 2.75) is 19.9 Å². The number of carbonyl (C=O) groups is 2. The van der Waals surface area contributed by atoms with Gasteiger partial charge >= 0.3 is 0 Å². The average molecular weight is 535 g/mol. The second-order valence-electron chi connectivity index (χ2n) is 8.14. The van der Waals surface area contributed by atoms with Gasteiger partial charge in [0.1, 0.15) is 11.5 Å². The molecule has 0 saturated carbocycles. The van der Waals surface area contributed by atoms with Crippen molar-refractivity contribution < 1.29 is 19.4 Å². The third-order valence-corrected chi connectivity index (χ3v) is 6.76. The molecule has 1 aliphatic heterocycles. The standard InChI is InChI=1S/C28H27BrN2O4/c1-4-30(5-2)21-13-15-22(16-14-21)31-25(19-7-6-8-23(17-19)35-3)24(27(33)28(31)34)26(32)18-9-11-20(29)12-10-18/h6-17,25,32H,4-5H2,1-3H3/b26-24-. The summed E-state index contributed by atoms with van der Waals surface area (Å²) < 4.78 is 6.23. The number of ketones is 1. The van der Waals surface area contributed by atoms with Gasteiger partial charge in [-0.2, -0.15) is 0 Å². The smallest absolute Gasteiger partial charge is 0.300 e. The van der Waals surface area contributed by atoms with Crippen molar-refractivity contribution in [2.24, 2.45) is 0 Å². The fraction of sp³-hybridized carbons (Fsp3) is 0.214. The summed E-state index contributed by atoms with van der Waals surface area (Å²) in [6.45, 7) is 5.89. The normalized spacial score (nSPS) is 17.0. The molecule has 1 heterocycles. The highest BCUT2D eigenvalue weighted by atomic mass is 79.9. The number of nitrogens with zero attached hydrogens (tertiary/aromatic N) is 2. The summed E-state index contributed by atoms with van der Waals surface area (Å²) in [5, 5.41) is 11.2. The Balaban J connectivity index is 1.88. The molecule has 0 radical (unpaired) electrons. The van der Waals surface area contributed by atoms with Crippen molar-refractivity contribution in [1.29, 1.82) is 0 Å². The number of halogens is 1. The summed E-state index contributed by atoms with van der Waals surface area (Å²) in [6, 6.07) is 20.9. The highest BCUT2D eigenvalue weighted by Crippen LogP contribution is 2.43. The minimum absolute atomic E-state index is 0.0402. The molecule has 0 spiro atoms. The molecule has 1 unspecified atom stereocenters. The molecule has 3 aromatic rings. The van der Waals surface area contributed by atoms with E-state index in [2.05, 4.69) is 34.7 Å². The van der Waals surface area contributed by atoms with Crippen LogP contribution >= 0.6 is 15.9 Å². The molecular formula is C28H27BrN2O4.